The summed E-state index contributed by atoms with van der Waals surface area (Å²) in [5.74, 6) is -1.68. The molecule has 1 aliphatic rings. The average Bonchev–Trinajstić information content (AvgIpc) is 3.22. The number of aromatic nitrogens is 4. The van der Waals surface area contributed by atoms with Gasteiger partial charge in [-0.1, -0.05) is 6.92 Å². The van der Waals surface area contributed by atoms with Crippen LogP contribution < -0.4 is 10.2 Å². The Morgan fingerprint density at radius 1 is 1.09 bits per heavy atom. The fourth-order valence-electron chi connectivity index (χ4n) is 4.34. The van der Waals surface area contributed by atoms with E-state index in [1.54, 1.807) is 13.8 Å². The Kier molecular flexibility index (Phi) is 6.48. The van der Waals surface area contributed by atoms with E-state index in [2.05, 4.69) is 37.1 Å². The summed E-state index contributed by atoms with van der Waals surface area (Å²) in [6.45, 7) is 12.5. The first-order valence-electron chi connectivity index (χ1n) is 11.2. The number of fused-ring (bicyclic) bond motifs is 1. The van der Waals surface area contributed by atoms with Gasteiger partial charge in [0, 0.05) is 54.5 Å². The zero-order valence-corrected chi connectivity index (χ0v) is 19.7. The van der Waals surface area contributed by atoms with Crippen molar-refractivity contribution < 1.29 is 18.0 Å². The smallest absolute Gasteiger partial charge is 0.369 e. The molecular formula is C23H28F3N7O. The molecule has 34 heavy (non-hydrogen) atoms. The van der Waals surface area contributed by atoms with E-state index in [9.17, 15) is 18.0 Å². The SMILES string of the molecule is CCN1CCN(c2ccc(NC(=O)Cc3c(C)nc4nc(C(F)(F)F)nn4c3C)cc2C)CC1. The van der Waals surface area contributed by atoms with E-state index in [1.165, 1.54) is 0 Å². The first-order chi connectivity index (χ1) is 16.1. The van der Waals surface area contributed by atoms with Crippen LogP contribution in [0.2, 0.25) is 0 Å². The van der Waals surface area contributed by atoms with Crippen LogP contribution in [0.3, 0.4) is 0 Å². The second-order valence-electron chi connectivity index (χ2n) is 8.55. The molecule has 182 valence electrons. The number of piperazine rings is 1. The minimum Gasteiger partial charge on any atom is -0.369 e. The molecule has 1 aromatic carbocycles. The topological polar surface area (TPSA) is 78.7 Å². The van der Waals surface area contributed by atoms with E-state index < -0.39 is 12.0 Å². The normalized spacial score (nSPS) is 15.2. The van der Waals surface area contributed by atoms with Crippen LogP contribution in [0.4, 0.5) is 24.5 Å². The van der Waals surface area contributed by atoms with Gasteiger partial charge >= 0.3 is 6.18 Å². The predicted molar refractivity (Wildman–Crippen MR) is 123 cm³/mol. The van der Waals surface area contributed by atoms with E-state index in [4.69, 9.17) is 0 Å². The molecule has 1 amide bonds. The molecule has 0 unspecified atom stereocenters. The summed E-state index contributed by atoms with van der Waals surface area (Å²) in [6, 6.07) is 5.83. The van der Waals surface area contributed by atoms with Crippen LogP contribution in [0, 0.1) is 20.8 Å². The highest BCUT2D eigenvalue weighted by atomic mass is 19.4. The molecule has 4 rings (SSSR count). The van der Waals surface area contributed by atoms with Crippen LogP contribution in [0.1, 0.15) is 35.3 Å². The number of nitrogens with zero attached hydrogens (tertiary/aromatic N) is 6. The fraction of sp³-hybridized carbons (Fsp3) is 0.478. The van der Waals surface area contributed by atoms with Crippen LogP contribution in [0.25, 0.3) is 5.78 Å². The number of rotatable bonds is 5. The van der Waals surface area contributed by atoms with E-state index in [-0.39, 0.29) is 18.1 Å². The maximum Gasteiger partial charge on any atom is 0.453 e. The molecule has 0 bridgehead atoms. The molecule has 8 nitrogen and oxygen atoms in total. The number of amides is 1. The van der Waals surface area contributed by atoms with E-state index >= 15 is 0 Å². The van der Waals surface area contributed by atoms with Crippen molar-refractivity contribution in [2.24, 2.45) is 0 Å². The minimum absolute atomic E-state index is 0.0401. The Bertz CT molecular complexity index is 1210. The van der Waals surface area contributed by atoms with Gasteiger partial charge in [0.15, 0.2) is 0 Å². The monoisotopic (exact) mass is 475 g/mol. The Balaban J connectivity index is 1.48. The first kappa shape index (κ1) is 23.9. The number of alkyl halides is 3. The third-order valence-corrected chi connectivity index (χ3v) is 6.28. The lowest BCUT2D eigenvalue weighted by Gasteiger charge is -2.36. The number of aryl methyl sites for hydroxylation is 3. The molecule has 0 atom stereocenters. The molecule has 1 fully saturated rings. The van der Waals surface area contributed by atoms with Gasteiger partial charge in [0.1, 0.15) is 0 Å². The van der Waals surface area contributed by atoms with Gasteiger partial charge in [0.2, 0.25) is 5.91 Å². The maximum absolute atomic E-state index is 13.0. The number of halogens is 3. The summed E-state index contributed by atoms with van der Waals surface area (Å²) in [4.78, 5) is 25.1. The molecule has 2 aromatic heterocycles. The van der Waals surface area contributed by atoms with Crippen LogP contribution in [0.15, 0.2) is 18.2 Å². The zero-order valence-electron chi connectivity index (χ0n) is 19.7. The van der Waals surface area contributed by atoms with E-state index in [0.29, 0.717) is 22.6 Å². The van der Waals surface area contributed by atoms with Gasteiger partial charge in [-0.05, 0) is 51.1 Å². The third-order valence-electron chi connectivity index (χ3n) is 6.28. The summed E-state index contributed by atoms with van der Waals surface area (Å²) < 4.78 is 40.0. The summed E-state index contributed by atoms with van der Waals surface area (Å²) in [6.07, 6.45) is -4.71. The van der Waals surface area contributed by atoms with Crippen LogP contribution in [-0.2, 0) is 17.4 Å². The van der Waals surface area contributed by atoms with Crippen molar-refractivity contribution >= 4 is 23.1 Å². The highest BCUT2D eigenvalue weighted by Crippen LogP contribution is 2.28. The van der Waals surface area contributed by atoms with Crippen molar-refractivity contribution in [3.63, 3.8) is 0 Å². The first-order valence-corrected chi connectivity index (χ1v) is 11.2. The number of carbonyl (C=O) groups is 1. The quantitative estimate of drug-likeness (QED) is 0.610. The van der Waals surface area contributed by atoms with Crippen LogP contribution in [0.5, 0.6) is 0 Å². The van der Waals surface area contributed by atoms with Crippen molar-refractivity contribution in [1.29, 1.82) is 0 Å². The van der Waals surface area contributed by atoms with Crippen molar-refractivity contribution in [1.82, 2.24) is 24.5 Å². The highest BCUT2D eigenvalue weighted by Gasteiger charge is 2.37. The van der Waals surface area contributed by atoms with Crippen molar-refractivity contribution in [2.75, 3.05) is 42.9 Å². The maximum atomic E-state index is 13.0. The molecule has 0 aliphatic carbocycles. The second-order valence-corrected chi connectivity index (χ2v) is 8.55. The van der Waals surface area contributed by atoms with Gasteiger partial charge < -0.3 is 15.1 Å². The number of nitrogens with one attached hydrogen (secondary N) is 1. The molecule has 0 radical (unpaired) electrons. The summed E-state index contributed by atoms with van der Waals surface area (Å²) in [5, 5.41) is 6.42. The number of carbonyl (C=O) groups excluding carboxylic acids is 1. The number of hydrogen-bond acceptors (Lipinski definition) is 6. The van der Waals surface area contributed by atoms with E-state index in [1.807, 2.05) is 25.1 Å². The van der Waals surface area contributed by atoms with Gasteiger partial charge in [-0.2, -0.15) is 18.2 Å². The Hall–Kier alpha value is -3.21. The summed E-state index contributed by atoms with van der Waals surface area (Å²) >= 11 is 0. The zero-order chi connectivity index (χ0) is 24.6. The lowest BCUT2D eigenvalue weighted by Crippen LogP contribution is -2.46. The molecule has 0 spiro atoms. The number of benzene rings is 1. The lowest BCUT2D eigenvalue weighted by molar-refractivity contribution is -0.144. The largest absolute Gasteiger partial charge is 0.453 e. The molecule has 1 aliphatic heterocycles. The van der Waals surface area contributed by atoms with Gasteiger partial charge in [-0.25, -0.2) is 9.50 Å². The third kappa shape index (κ3) is 4.84. The van der Waals surface area contributed by atoms with Crippen molar-refractivity contribution in [3.8, 4) is 0 Å². The van der Waals surface area contributed by atoms with Crippen molar-refractivity contribution in [2.45, 2.75) is 40.3 Å². The van der Waals surface area contributed by atoms with Crippen LogP contribution >= 0.6 is 0 Å². The molecule has 11 heteroatoms. The highest BCUT2D eigenvalue weighted by molar-refractivity contribution is 5.93. The van der Waals surface area contributed by atoms with Gasteiger partial charge in [0.05, 0.1) is 6.42 Å². The van der Waals surface area contributed by atoms with Gasteiger partial charge in [0.25, 0.3) is 11.6 Å². The molecule has 1 N–H and O–H groups in total. The average molecular weight is 476 g/mol. The Morgan fingerprint density at radius 2 is 1.79 bits per heavy atom. The minimum atomic E-state index is -4.67. The number of anilines is 2. The molecular weight excluding hydrogens is 447 g/mol. The number of hydrogen-bond donors (Lipinski definition) is 1. The molecule has 3 heterocycles. The lowest BCUT2D eigenvalue weighted by atomic mass is 10.1. The van der Waals surface area contributed by atoms with Crippen LogP contribution in [-0.4, -0.2) is 63.1 Å². The van der Waals surface area contributed by atoms with E-state index in [0.717, 1.165) is 48.5 Å². The fourth-order valence-corrected chi connectivity index (χ4v) is 4.34. The predicted octanol–water partition coefficient (Wildman–Crippen LogP) is 3.39. The molecule has 1 saturated heterocycles. The summed E-state index contributed by atoms with van der Waals surface area (Å²) in [5.41, 5.74) is 4.26. The summed E-state index contributed by atoms with van der Waals surface area (Å²) in [7, 11) is 0. The Labute approximate surface area is 195 Å². The Morgan fingerprint density at radius 3 is 2.41 bits per heavy atom. The molecule has 0 saturated carbocycles. The number of likely N-dealkylation sites (N-methyl/N-ethyl adjacent to an activating group) is 1. The van der Waals surface area contributed by atoms with Gasteiger partial charge in [-0.3, -0.25) is 4.79 Å². The van der Waals surface area contributed by atoms with Gasteiger partial charge in [-0.15, -0.1) is 5.10 Å². The second kappa shape index (κ2) is 9.21. The standard InChI is InChI=1S/C23H28F3N7O/c1-5-31-8-10-32(11-9-31)19-7-6-17(12-14(19)2)28-20(34)13-18-15(3)27-22-29-21(23(24,25)26)30-33(22)16(18)4/h6-7,12H,5,8-11,13H2,1-4H3,(H,28,34). The van der Waals surface area contributed by atoms with Crippen molar-refractivity contribution in [3.05, 3.63) is 46.5 Å². The molecule has 3 aromatic rings.